The number of rotatable bonds is 5. The summed E-state index contributed by atoms with van der Waals surface area (Å²) in [6.07, 6.45) is 1.26. The zero-order chi connectivity index (χ0) is 25.2. The summed E-state index contributed by atoms with van der Waals surface area (Å²) < 4.78 is 28.2. The highest BCUT2D eigenvalue weighted by Crippen LogP contribution is 2.38. The summed E-state index contributed by atoms with van der Waals surface area (Å²) >= 11 is 1.73. The molecule has 5 nitrogen and oxygen atoms in total. The topological polar surface area (TPSA) is 43.9 Å². The summed E-state index contributed by atoms with van der Waals surface area (Å²) in [4.78, 5) is 33.0. The fraction of sp³-hybridized carbons (Fsp3) is 0.357. The number of carbonyl (C=O) groups is 2. The molecule has 1 fully saturated rings. The average Bonchev–Trinajstić information content (AvgIpc) is 3.35. The van der Waals surface area contributed by atoms with Crippen LogP contribution in [-0.4, -0.2) is 65.3 Å². The normalized spacial score (nSPS) is 20.3. The van der Waals surface area contributed by atoms with Crippen LogP contribution in [0.15, 0.2) is 60.0 Å². The summed E-state index contributed by atoms with van der Waals surface area (Å²) in [5.41, 5.74) is 2.15. The molecule has 1 aromatic heterocycles. The van der Waals surface area contributed by atoms with Crippen LogP contribution >= 0.6 is 11.3 Å². The lowest BCUT2D eigenvalue weighted by molar-refractivity contribution is -0.134. The molecule has 1 saturated heterocycles. The van der Waals surface area contributed by atoms with Crippen LogP contribution in [0.25, 0.3) is 0 Å². The molecule has 0 N–H and O–H groups in total. The predicted octanol–water partition coefficient (Wildman–Crippen LogP) is 4.74. The Labute approximate surface area is 213 Å². The molecule has 36 heavy (non-hydrogen) atoms. The van der Waals surface area contributed by atoms with Crippen LogP contribution < -0.4 is 0 Å². The summed E-state index contributed by atoms with van der Waals surface area (Å²) in [6, 6.07) is 14.5. The van der Waals surface area contributed by atoms with Gasteiger partial charge in [-0.25, -0.2) is 8.78 Å². The second kappa shape index (κ2) is 10.5. The predicted molar refractivity (Wildman–Crippen MR) is 136 cm³/mol. The standard InChI is InChI=1S/C28H29F2N3O2S/c1-19-18-32(14-15-33(19)28(35)22-7-2-3-8-24(22)30)26(34)10-13-31-12-9-25-23(11-16-36-25)27(31)20-5-4-6-21(29)17-20/h2-8,11,16-17,19,27H,9-10,12-15,18H2,1H3/t19-,27-/m1/s1. The highest BCUT2D eigenvalue weighted by atomic mass is 32.1. The lowest BCUT2D eigenvalue weighted by atomic mass is 9.93. The lowest BCUT2D eigenvalue weighted by Gasteiger charge is -2.41. The van der Waals surface area contributed by atoms with Crippen LogP contribution in [0.1, 0.15) is 45.7 Å². The highest BCUT2D eigenvalue weighted by Gasteiger charge is 2.33. The van der Waals surface area contributed by atoms with Crippen LogP contribution in [-0.2, 0) is 11.2 Å². The zero-order valence-electron chi connectivity index (χ0n) is 20.2. The first kappa shape index (κ1) is 24.6. The largest absolute Gasteiger partial charge is 0.339 e. The van der Waals surface area contributed by atoms with Crippen molar-refractivity contribution >= 4 is 23.2 Å². The van der Waals surface area contributed by atoms with Gasteiger partial charge in [-0.3, -0.25) is 14.5 Å². The van der Waals surface area contributed by atoms with Gasteiger partial charge in [0.2, 0.25) is 5.91 Å². The van der Waals surface area contributed by atoms with E-state index >= 15 is 0 Å². The van der Waals surface area contributed by atoms with Crippen molar-refractivity contribution in [2.75, 3.05) is 32.7 Å². The van der Waals surface area contributed by atoms with Gasteiger partial charge >= 0.3 is 0 Å². The summed E-state index contributed by atoms with van der Waals surface area (Å²) in [6.45, 7) is 4.47. The van der Waals surface area contributed by atoms with Gasteiger partial charge in [0.25, 0.3) is 5.91 Å². The maximum Gasteiger partial charge on any atom is 0.257 e. The molecule has 8 heteroatoms. The molecular weight excluding hydrogens is 480 g/mol. The number of benzene rings is 2. The lowest BCUT2D eigenvalue weighted by Crippen LogP contribution is -2.55. The van der Waals surface area contributed by atoms with Gasteiger partial charge in [0, 0.05) is 50.1 Å². The quantitative estimate of drug-likeness (QED) is 0.499. The van der Waals surface area contributed by atoms with Crippen molar-refractivity contribution < 1.29 is 18.4 Å². The number of hydrogen-bond acceptors (Lipinski definition) is 4. The van der Waals surface area contributed by atoms with Crippen molar-refractivity contribution in [1.29, 1.82) is 0 Å². The van der Waals surface area contributed by atoms with Gasteiger partial charge in [-0.1, -0.05) is 24.3 Å². The third-order valence-electron chi connectivity index (χ3n) is 7.19. The molecule has 188 valence electrons. The van der Waals surface area contributed by atoms with E-state index in [-0.39, 0.29) is 35.3 Å². The monoisotopic (exact) mass is 509 g/mol. The van der Waals surface area contributed by atoms with Gasteiger partial charge in [-0.15, -0.1) is 11.3 Å². The molecule has 0 spiro atoms. The minimum absolute atomic E-state index is 0.0361. The fourth-order valence-corrected chi connectivity index (χ4v) is 6.25. The van der Waals surface area contributed by atoms with E-state index < -0.39 is 5.82 Å². The van der Waals surface area contributed by atoms with Crippen molar-refractivity contribution in [3.05, 3.63) is 93.2 Å². The Morgan fingerprint density at radius 2 is 1.86 bits per heavy atom. The maximum absolute atomic E-state index is 14.1. The van der Waals surface area contributed by atoms with Gasteiger partial charge < -0.3 is 9.80 Å². The third kappa shape index (κ3) is 4.92. The molecule has 0 saturated carbocycles. The summed E-state index contributed by atoms with van der Waals surface area (Å²) in [5.74, 6) is -1.10. The average molecular weight is 510 g/mol. The number of halogens is 2. The van der Waals surface area contributed by atoms with Gasteiger partial charge in [-0.2, -0.15) is 0 Å². The molecule has 2 aliphatic rings. The van der Waals surface area contributed by atoms with E-state index in [1.165, 1.54) is 28.6 Å². The Hall–Kier alpha value is -3.10. The molecule has 0 unspecified atom stereocenters. The summed E-state index contributed by atoms with van der Waals surface area (Å²) in [5, 5.41) is 2.08. The van der Waals surface area contributed by atoms with Crippen molar-refractivity contribution in [3.63, 3.8) is 0 Å². The molecule has 5 rings (SSSR count). The van der Waals surface area contributed by atoms with Crippen molar-refractivity contribution in [2.24, 2.45) is 0 Å². The number of nitrogens with zero attached hydrogens (tertiary/aromatic N) is 3. The second-order valence-electron chi connectivity index (χ2n) is 9.46. The smallest absolute Gasteiger partial charge is 0.257 e. The van der Waals surface area contributed by atoms with E-state index in [1.54, 1.807) is 45.4 Å². The Bertz CT molecular complexity index is 1260. The van der Waals surface area contributed by atoms with Crippen molar-refractivity contribution in [1.82, 2.24) is 14.7 Å². The SMILES string of the molecule is C[C@@H]1CN(C(=O)CCN2CCc3sccc3[C@H]2c2cccc(F)c2)CCN1C(=O)c1ccccc1F. The molecule has 2 aromatic carbocycles. The number of thiophene rings is 1. The van der Waals surface area contributed by atoms with E-state index in [4.69, 9.17) is 0 Å². The highest BCUT2D eigenvalue weighted by molar-refractivity contribution is 7.10. The molecular formula is C28H29F2N3O2S. The van der Waals surface area contributed by atoms with Gasteiger partial charge in [0.05, 0.1) is 11.6 Å². The third-order valence-corrected chi connectivity index (χ3v) is 8.18. The molecule has 3 aromatic rings. The molecule has 2 atom stereocenters. The van der Waals surface area contributed by atoms with E-state index in [9.17, 15) is 18.4 Å². The van der Waals surface area contributed by atoms with E-state index in [2.05, 4.69) is 16.3 Å². The van der Waals surface area contributed by atoms with Crippen molar-refractivity contribution in [3.8, 4) is 0 Å². The minimum Gasteiger partial charge on any atom is -0.339 e. The molecule has 0 aliphatic carbocycles. The number of piperazine rings is 1. The Balaban J connectivity index is 1.23. The van der Waals surface area contributed by atoms with Gasteiger partial charge in [0.15, 0.2) is 0 Å². The fourth-order valence-electron chi connectivity index (χ4n) is 5.35. The van der Waals surface area contributed by atoms with Crippen LogP contribution in [0.2, 0.25) is 0 Å². The van der Waals surface area contributed by atoms with E-state index in [0.29, 0.717) is 32.6 Å². The summed E-state index contributed by atoms with van der Waals surface area (Å²) in [7, 11) is 0. The maximum atomic E-state index is 14.1. The Morgan fingerprint density at radius 3 is 2.64 bits per heavy atom. The van der Waals surface area contributed by atoms with Crippen LogP contribution in [0, 0.1) is 11.6 Å². The molecule has 2 amide bonds. The molecule has 2 aliphatic heterocycles. The van der Waals surface area contributed by atoms with Gasteiger partial charge in [-0.05, 0) is 60.2 Å². The first-order chi connectivity index (χ1) is 17.4. The Morgan fingerprint density at radius 1 is 1.03 bits per heavy atom. The number of hydrogen-bond donors (Lipinski definition) is 0. The van der Waals surface area contributed by atoms with E-state index in [0.717, 1.165) is 18.5 Å². The number of fused-ring (bicyclic) bond motifs is 1. The van der Waals surface area contributed by atoms with Gasteiger partial charge in [0.1, 0.15) is 11.6 Å². The van der Waals surface area contributed by atoms with E-state index in [1.807, 2.05) is 13.0 Å². The Kier molecular flexibility index (Phi) is 7.16. The number of amides is 2. The number of carbonyl (C=O) groups excluding carboxylic acids is 2. The second-order valence-corrected chi connectivity index (χ2v) is 10.5. The molecule has 0 bridgehead atoms. The van der Waals surface area contributed by atoms with Crippen LogP contribution in [0.5, 0.6) is 0 Å². The molecule has 0 radical (unpaired) electrons. The first-order valence-corrected chi connectivity index (χ1v) is 13.2. The minimum atomic E-state index is -0.531. The first-order valence-electron chi connectivity index (χ1n) is 12.3. The molecule has 3 heterocycles. The van der Waals surface area contributed by atoms with Crippen LogP contribution in [0.4, 0.5) is 8.78 Å². The zero-order valence-corrected chi connectivity index (χ0v) is 21.0. The van der Waals surface area contributed by atoms with Crippen LogP contribution in [0.3, 0.4) is 0 Å². The van der Waals surface area contributed by atoms with Crippen molar-refractivity contribution in [2.45, 2.75) is 31.8 Å².